The molecule has 0 N–H and O–H groups in total. The van der Waals surface area contributed by atoms with Crippen molar-refractivity contribution in [1.29, 1.82) is 5.26 Å². The second kappa shape index (κ2) is 3.30. The molecule has 4 heteroatoms. The Morgan fingerprint density at radius 2 is 2.00 bits per heavy atom. The van der Waals surface area contributed by atoms with E-state index >= 15 is 0 Å². The van der Waals surface area contributed by atoms with Crippen molar-refractivity contribution in [3.8, 4) is 11.8 Å². The molecule has 4 nitrogen and oxygen atoms in total. The third kappa shape index (κ3) is 1.36. The molecule has 0 aliphatic heterocycles. The molecule has 14 heavy (non-hydrogen) atoms. The molecule has 0 aliphatic carbocycles. The summed E-state index contributed by atoms with van der Waals surface area (Å²) in [7, 11) is 0. The lowest BCUT2D eigenvalue weighted by molar-refractivity contribution is 0.747. The number of aryl methyl sites for hydroxylation is 1. The number of rotatable bonds is 1. The van der Waals surface area contributed by atoms with Gasteiger partial charge in [0.05, 0.1) is 29.7 Å². The SMILES string of the molecule is Cc1ccc(C#N)cc1-n1nccn1. The first-order valence-corrected chi connectivity index (χ1v) is 4.18. The summed E-state index contributed by atoms with van der Waals surface area (Å²) in [4.78, 5) is 1.51. The molecule has 0 saturated carbocycles. The molecule has 0 unspecified atom stereocenters. The molecule has 2 rings (SSSR count). The summed E-state index contributed by atoms with van der Waals surface area (Å²) in [6.07, 6.45) is 3.22. The average Bonchev–Trinajstić information content (AvgIpc) is 2.71. The van der Waals surface area contributed by atoms with Crippen LogP contribution in [0.1, 0.15) is 11.1 Å². The van der Waals surface area contributed by atoms with Crippen LogP contribution in [0.25, 0.3) is 5.69 Å². The Balaban J connectivity index is 2.58. The first kappa shape index (κ1) is 8.45. The van der Waals surface area contributed by atoms with E-state index in [4.69, 9.17) is 5.26 Å². The minimum atomic E-state index is 0.614. The van der Waals surface area contributed by atoms with Crippen molar-refractivity contribution in [3.05, 3.63) is 41.7 Å². The van der Waals surface area contributed by atoms with Crippen molar-refractivity contribution in [1.82, 2.24) is 15.0 Å². The van der Waals surface area contributed by atoms with Gasteiger partial charge in [0.1, 0.15) is 0 Å². The van der Waals surface area contributed by atoms with Crippen molar-refractivity contribution in [2.45, 2.75) is 6.92 Å². The zero-order valence-electron chi connectivity index (χ0n) is 7.68. The fourth-order valence-electron chi connectivity index (χ4n) is 1.23. The van der Waals surface area contributed by atoms with E-state index in [1.54, 1.807) is 24.5 Å². The fraction of sp³-hybridized carbons (Fsp3) is 0.100. The zero-order chi connectivity index (χ0) is 9.97. The Labute approximate surface area is 81.4 Å². The first-order valence-electron chi connectivity index (χ1n) is 4.18. The van der Waals surface area contributed by atoms with Gasteiger partial charge in [-0.15, -0.1) is 0 Å². The van der Waals surface area contributed by atoms with Gasteiger partial charge in [-0.25, -0.2) is 0 Å². The predicted octanol–water partition coefficient (Wildman–Crippen LogP) is 1.45. The first-order chi connectivity index (χ1) is 6.81. The van der Waals surface area contributed by atoms with Crippen molar-refractivity contribution >= 4 is 0 Å². The molecule has 0 bridgehead atoms. The quantitative estimate of drug-likeness (QED) is 0.674. The molecule has 2 aromatic rings. The molecule has 0 fully saturated rings. The van der Waals surface area contributed by atoms with Crippen LogP contribution >= 0.6 is 0 Å². The van der Waals surface area contributed by atoms with Gasteiger partial charge in [0, 0.05) is 0 Å². The topological polar surface area (TPSA) is 54.5 Å². The summed E-state index contributed by atoms with van der Waals surface area (Å²) in [6.45, 7) is 1.96. The minimum Gasteiger partial charge on any atom is -0.192 e. The average molecular weight is 184 g/mol. The molecule has 0 aliphatic rings. The summed E-state index contributed by atoms with van der Waals surface area (Å²) >= 11 is 0. The van der Waals surface area contributed by atoms with E-state index < -0.39 is 0 Å². The van der Waals surface area contributed by atoms with Gasteiger partial charge in [-0.2, -0.15) is 20.3 Å². The highest BCUT2D eigenvalue weighted by atomic mass is 15.5. The minimum absolute atomic E-state index is 0.614. The van der Waals surface area contributed by atoms with Gasteiger partial charge in [0.15, 0.2) is 0 Å². The van der Waals surface area contributed by atoms with Crippen LogP contribution < -0.4 is 0 Å². The van der Waals surface area contributed by atoms with Crippen LogP contribution in [-0.2, 0) is 0 Å². The van der Waals surface area contributed by atoms with Gasteiger partial charge in [0.2, 0.25) is 0 Å². The van der Waals surface area contributed by atoms with E-state index in [1.807, 2.05) is 13.0 Å². The third-order valence-corrected chi connectivity index (χ3v) is 1.97. The Kier molecular flexibility index (Phi) is 1.99. The summed E-state index contributed by atoms with van der Waals surface area (Å²) < 4.78 is 0. The molecule has 0 atom stereocenters. The van der Waals surface area contributed by atoms with Crippen molar-refractivity contribution in [2.24, 2.45) is 0 Å². The molecule has 0 radical (unpaired) electrons. The molecule has 1 heterocycles. The predicted molar refractivity (Wildman–Crippen MR) is 50.8 cm³/mol. The number of hydrogen-bond acceptors (Lipinski definition) is 3. The third-order valence-electron chi connectivity index (χ3n) is 1.97. The molecule has 0 amide bonds. The van der Waals surface area contributed by atoms with Crippen LogP contribution in [0.3, 0.4) is 0 Å². The highest BCUT2D eigenvalue weighted by Crippen LogP contribution is 2.13. The number of nitriles is 1. The molecule has 1 aromatic carbocycles. The van der Waals surface area contributed by atoms with E-state index in [1.165, 1.54) is 4.80 Å². The number of hydrogen-bond donors (Lipinski definition) is 0. The van der Waals surface area contributed by atoms with Gasteiger partial charge in [0.25, 0.3) is 0 Å². The standard InChI is InChI=1S/C10H8N4/c1-8-2-3-9(7-11)6-10(8)14-12-4-5-13-14/h2-6H,1H3. The normalized spacial score (nSPS) is 9.71. The van der Waals surface area contributed by atoms with Gasteiger partial charge < -0.3 is 0 Å². The van der Waals surface area contributed by atoms with E-state index in [0.717, 1.165) is 11.3 Å². The maximum absolute atomic E-state index is 8.75. The largest absolute Gasteiger partial charge is 0.192 e. The molecular weight excluding hydrogens is 176 g/mol. The molecule has 1 aromatic heterocycles. The highest BCUT2D eigenvalue weighted by Gasteiger charge is 2.03. The Morgan fingerprint density at radius 3 is 2.64 bits per heavy atom. The fourth-order valence-corrected chi connectivity index (χ4v) is 1.23. The van der Waals surface area contributed by atoms with E-state index in [-0.39, 0.29) is 0 Å². The lowest BCUT2D eigenvalue weighted by atomic mass is 10.1. The van der Waals surface area contributed by atoms with E-state index in [2.05, 4.69) is 16.3 Å². The Hall–Kier alpha value is -2.15. The maximum Gasteiger partial charge on any atom is 0.0992 e. The van der Waals surface area contributed by atoms with Gasteiger partial charge in [-0.1, -0.05) is 6.07 Å². The molecule has 0 saturated heterocycles. The van der Waals surface area contributed by atoms with E-state index in [9.17, 15) is 0 Å². The van der Waals surface area contributed by atoms with Gasteiger partial charge in [-0.3, -0.25) is 0 Å². The second-order valence-corrected chi connectivity index (χ2v) is 2.93. The monoisotopic (exact) mass is 184 g/mol. The molecule has 0 spiro atoms. The van der Waals surface area contributed by atoms with Crippen LogP contribution in [0.5, 0.6) is 0 Å². The molecular formula is C10H8N4. The van der Waals surface area contributed by atoms with Crippen LogP contribution in [0.2, 0.25) is 0 Å². The maximum atomic E-state index is 8.75. The van der Waals surface area contributed by atoms with Crippen molar-refractivity contribution in [3.63, 3.8) is 0 Å². The zero-order valence-corrected chi connectivity index (χ0v) is 7.68. The summed E-state index contributed by atoms with van der Waals surface area (Å²) in [5.74, 6) is 0. The Morgan fingerprint density at radius 1 is 1.29 bits per heavy atom. The summed E-state index contributed by atoms with van der Waals surface area (Å²) in [6, 6.07) is 7.53. The highest BCUT2D eigenvalue weighted by molar-refractivity contribution is 5.45. The van der Waals surface area contributed by atoms with Crippen LogP contribution in [0, 0.1) is 18.3 Å². The van der Waals surface area contributed by atoms with Gasteiger partial charge >= 0.3 is 0 Å². The smallest absolute Gasteiger partial charge is 0.0992 e. The van der Waals surface area contributed by atoms with Crippen molar-refractivity contribution < 1.29 is 0 Å². The van der Waals surface area contributed by atoms with Crippen LogP contribution in [0.4, 0.5) is 0 Å². The number of benzene rings is 1. The summed E-state index contributed by atoms with van der Waals surface area (Å²) in [5, 5.41) is 16.8. The lowest BCUT2D eigenvalue weighted by Gasteiger charge is -2.03. The number of aromatic nitrogens is 3. The van der Waals surface area contributed by atoms with E-state index in [0.29, 0.717) is 5.56 Å². The van der Waals surface area contributed by atoms with Crippen LogP contribution in [-0.4, -0.2) is 15.0 Å². The number of nitrogens with zero attached hydrogens (tertiary/aromatic N) is 4. The summed E-state index contributed by atoms with van der Waals surface area (Å²) in [5.41, 5.74) is 2.50. The Bertz CT molecular complexity index is 479. The van der Waals surface area contributed by atoms with Crippen LogP contribution in [0.15, 0.2) is 30.6 Å². The second-order valence-electron chi connectivity index (χ2n) is 2.93. The lowest BCUT2D eigenvalue weighted by Crippen LogP contribution is -2.01. The van der Waals surface area contributed by atoms with Gasteiger partial charge in [-0.05, 0) is 24.6 Å². The van der Waals surface area contributed by atoms with Crippen molar-refractivity contribution in [2.75, 3.05) is 0 Å². The molecule has 68 valence electrons.